The second kappa shape index (κ2) is 15.4. The molecule has 270 valence electrons. The topological polar surface area (TPSA) is 146 Å². The second-order valence-corrected chi connectivity index (χ2v) is 15.0. The third kappa shape index (κ3) is 8.28. The van der Waals surface area contributed by atoms with Gasteiger partial charge in [0, 0.05) is 43.9 Å². The molecule has 0 unspecified atom stereocenters. The minimum absolute atomic E-state index is 0.0424. The van der Waals surface area contributed by atoms with Crippen LogP contribution in [0.2, 0.25) is 0 Å². The molecule has 6 rings (SSSR count). The predicted octanol–water partition coefficient (Wildman–Crippen LogP) is 3.04. The van der Waals surface area contributed by atoms with Crippen LogP contribution in [0.3, 0.4) is 0 Å². The average Bonchev–Trinajstić information content (AvgIpc) is 3.78. The zero-order chi connectivity index (χ0) is 36.1. The number of carbonyl (C=O) groups is 4. The van der Waals surface area contributed by atoms with Gasteiger partial charge in [-0.1, -0.05) is 30.3 Å². The Kier molecular flexibility index (Phi) is 10.8. The smallest absolute Gasteiger partial charge is 0.254 e. The highest BCUT2D eigenvalue weighted by Gasteiger charge is 2.44. The molecule has 3 aliphatic heterocycles. The van der Waals surface area contributed by atoms with Crippen LogP contribution in [0.15, 0.2) is 72.8 Å². The number of fused-ring (bicyclic) bond motifs is 3. The Morgan fingerprint density at radius 3 is 2.37 bits per heavy atom. The van der Waals surface area contributed by atoms with Crippen molar-refractivity contribution in [1.82, 2.24) is 20.0 Å². The quantitative estimate of drug-likeness (QED) is 0.410. The summed E-state index contributed by atoms with van der Waals surface area (Å²) in [6.45, 7) is 2.87. The summed E-state index contributed by atoms with van der Waals surface area (Å²) in [5, 5.41) is 2.95. The number of carbonyl (C=O) groups excluding carboxylic acids is 4. The van der Waals surface area contributed by atoms with Crippen molar-refractivity contribution >= 4 is 39.3 Å². The number of hydrogen-bond acceptors (Lipinski definition) is 8. The summed E-state index contributed by atoms with van der Waals surface area (Å²) in [7, 11) is -3.86. The number of amides is 4. The van der Waals surface area contributed by atoms with Gasteiger partial charge in [0.15, 0.2) is 11.5 Å². The molecule has 13 nitrogen and oxygen atoms in total. The molecule has 0 spiro atoms. The van der Waals surface area contributed by atoms with Crippen molar-refractivity contribution in [3.8, 4) is 11.5 Å². The Labute approximate surface area is 298 Å². The highest BCUT2D eigenvalue weighted by molar-refractivity contribution is 7.92. The van der Waals surface area contributed by atoms with Crippen molar-refractivity contribution in [2.75, 3.05) is 56.6 Å². The van der Waals surface area contributed by atoms with Gasteiger partial charge < -0.3 is 29.5 Å². The first-order chi connectivity index (χ1) is 24.5. The number of sulfonamides is 1. The first-order valence-electron chi connectivity index (χ1n) is 17.2. The Morgan fingerprint density at radius 2 is 1.61 bits per heavy atom. The van der Waals surface area contributed by atoms with Crippen LogP contribution in [0.4, 0.5) is 5.69 Å². The highest BCUT2D eigenvalue weighted by Crippen LogP contribution is 2.33. The SMILES string of the molecule is Cc1cccc(N(CC(=O)N2C[C@@H]3C[C@H]2C(=O)NCCCCN(C(=O)c2ccc4c(c2)OCO4)CCCN3C(=O)c2ccccc2)S(C)(=O)=O)c1. The molecule has 3 aromatic carbocycles. The maximum absolute atomic E-state index is 14.1. The largest absolute Gasteiger partial charge is 0.454 e. The zero-order valence-electron chi connectivity index (χ0n) is 28.8. The van der Waals surface area contributed by atoms with Gasteiger partial charge in [0.25, 0.3) is 11.8 Å². The van der Waals surface area contributed by atoms with Gasteiger partial charge in [-0.15, -0.1) is 0 Å². The molecule has 3 aromatic rings. The molecule has 2 atom stereocenters. The van der Waals surface area contributed by atoms with Crippen LogP contribution in [0, 0.1) is 6.92 Å². The lowest BCUT2D eigenvalue weighted by molar-refractivity contribution is -0.137. The lowest BCUT2D eigenvalue weighted by atomic mass is 10.1. The van der Waals surface area contributed by atoms with Crippen LogP contribution in [0.5, 0.6) is 11.5 Å². The number of hydrogen-bond donors (Lipinski definition) is 1. The molecular weight excluding hydrogens is 675 g/mol. The van der Waals surface area contributed by atoms with E-state index < -0.39 is 34.6 Å². The monoisotopic (exact) mass is 717 g/mol. The van der Waals surface area contributed by atoms with E-state index in [0.29, 0.717) is 67.2 Å². The standard InChI is InChI=1S/C37H43N5O8S/c1-26-10-8-13-29(20-26)42(51(2,47)48)24-34(43)41-23-30-22-31(41)35(44)38-16-6-7-17-39(36(45)28-14-15-32-33(21-28)50-25-49-32)18-9-19-40(30)37(46)27-11-4-3-5-12-27/h3-5,8,10-15,20-21,30-31H,6-7,9,16-19,22-25H2,1-2H3,(H,38,44)/t30-,31-/m0/s1. The number of benzene rings is 3. The first kappa shape index (κ1) is 35.7. The van der Waals surface area contributed by atoms with E-state index in [9.17, 15) is 27.6 Å². The zero-order valence-corrected chi connectivity index (χ0v) is 29.6. The molecule has 0 radical (unpaired) electrons. The molecule has 0 aliphatic carbocycles. The molecule has 51 heavy (non-hydrogen) atoms. The number of aryl methyl sites for hydroxylation is 1. The van der Waals surface area contributed by atoms with Gasteiger partial charge >= 0.3 is 0 Å². The minimum atomic E-state index is -3.86. The van der Waals surface area contributed by atoms with Gasteiger partial charge in [-0.3, -0.25) is 23.5 Å². The Balaban J connectivity index is 1.26. The first-order valence-corrected chi connectivity index (χ1v) is 19.0. The number of likely N-dealkylation sites (tertiary alicyclic amines) is 1. The molecule has 3 heterocycles. The third-order valence-electron chi connectivity index (χ3n) is 9.48. The molecular formula is C37H43N5O8S. The Morgan fingerprint density at radius 1 is 0.843 bits per heavy atom. The van der Waals surface area contributed by atoms with Crippen LogP contribution < -0.4 is 19.1 Å². The van der Waals surface area contributed by atoms with Gasteiger partial charge in [0.2, 0.25) is 28.6 Å². The molecule has 4 amide bonds. The van der Waals surface area contributed by atoms with Gasteiger partial charge in [-0.05, 0) is 80.6 Å². The van der Waals surface area contributed by atoms with E-state index in [1.165, 1.54) is 4.90 Å². The van der Waals surface area contributed by atoms with E-state index in [-0.39, 0.29) is 44.0 Å². The number of rotatable bonds is 6. The molecule has 14 heteroatoms. The summed E-state index contributed by atoms with van der Waals surface area (Å²) < 4.78 is 37.8. The van der Waals surface area contributed by atoms with Gasteiger partial charge in [0.1, 0.15) is 12.6 Å². The van der Waals surface area contributed by atoms with Gasteiger partial charge in [-0.25, -0.2) is 8.42 Å². The molecule has 1 N–H and O–H groups in total. The van der Waals surface area contributed by atoms with Crippen molar-refractivity contribution in [3.63, 3.8) is 0 Å². The average molecular weight is 718 g/mol. The summed E-state index contributed by atoms with van der Waals surface area (Å²) in [5.74, 6) is -0.246. The predicted molar refractivity (Wildman–Crippen MR) is 190 cm³/mol. The normalized spacial score (nSPS) is 19.6. The van der Waals surface area contributed by atoms with Crippen LogP contribution in [-0.4, -0.2) is 111 Å². The summed E-state index contributed by atoms with van der Waals surface area (Å²) in [6.07, 6.45) is 2.88. The summed E-state index contributed by atoms with van der Waals surface area (Å²) in [5.41, 5.74) is 2.10. The molecule has 2 saturated heterocycles. The third-order valence-corrected chi connectivity index (χ3v) is 10.6. The Hall–Kier alpha value is -5.11. The van der Waals surface area contributed by atoms with Crippen molar-refractivity contribution in [2.45, 2.75) is 44.7 Å². The van der Waals surface area contributed by atoms with Crippen molar-refractivity contribution in [2.24, 2.45) is 0 Å². The summed E-state index contributed by atoms with van der Waals surface area (Å²) >= 11 is 0. The van der Waals surface area contributed by atoms with E-state index in [2.05, 4.69) is 5.32 Å². The van der Waals surface area contributed by atoms with Crippen molar-refractivity contribution < 1.29 is 37.1 Å². The van der Waals surface area contributed by atoms with Gasteiger partial charge in [-0.2, -0.15) is 0 Å². The molecule has 0 saturated carbocycles. The van der Waals surface area contributed by atoms with E-state index in [1.54, 1.807) is 70.5 Å². The van der Waals surface area contributed by atoms with Gasteiger partial charge in [0.05, 0.1) is 18.0 Å². The maximum atomic E-state index is 14.1. The van der Waals surface area contributed by atoms with E-state index in [0.717, 1.165) is 16.1 Å². The van der Waals surface area contributed by atoms with Crippen molar-refractivity contribution in [3.05, 3.63) is 89.5 Å². The maximum Gasteiger partial charge on any atom is 0.254 e. The van der Waals surface area contributed by atoms with Crippen LogP contribution in [-0.2, 0) is 19.6 Å². The molecule has 0 aromatic heterocycles. The fourth-order valence-corrected chi connectivity index (χ4v) is 7.71. The van der Waals surface area contributed by atoms with Crippen LogP contribution >= 0.6 is 0 Å². The summed E-state index contributed by atoms with van der Waals surface area (Å²) in [4.78, 5) is 60.4. The molecule has 3 aliphatic rings. The Bertz CT molecular complexity index is 1890. The lowest BCUT2D eigenvalue weighted by Gasteiger charge is -2.31. The van der Waals surface area contributed by atoms with E-state index >= 15 is 0 Å². The number of nitrogens with one attached hydrogen (secondary N) is 1. The number of nitrogens with zero attached hydrogens (tertiary/aromatic N) is 4. The minimum Gasteiger partial charge on any atom is -0.454 e. The fraction of sp³-hybridized carbons (Fsp3) is 0.405. The highest BCUT2D eigenvalue weighted by atomic mass is 32.2. The van der Waals surface area contributed by atoms with Crippen LogP contribution in [0.1, 0.15) is 52.0 Å². The lowest BCUT2D eigenvalue weighted by Crippen LogP contribution is -2.50. The second-order valence-electron chi connectivity index (χ2n) is 13.1. The van der Waals surface area contributed by atoms with Crippen LogP contribution in [0.25, 0.3) is 0 Å². The number of ether oxygens (including phenoxy) is 2. The fourth-order valence-electron chi connectivity index (χ4n) is 6.87. The summed E-state index contributed by atoms with van der Waals surface area (Å²) in [6, 6.07) is 19.3. The van der Waals surface area contributed by atoms with E-state index in [1.807, 2.05) is 19.1 Å². The number of anilines is 1. The van der Waals surface area contributed by atoms with E-state index in [4.69, 9.17) is 9.47 Å². The molecule has 2 fully saturated rings. The van der Waals surface area contributed by atoms with Crippen molar-refractivity contribution in [1.29, 1.82) is 0 Å². The molecule has 2 bridgehead atoms.